The van der Waals surface area contributed by atoms with Crippen molar-refractivity contribution in [1.82, 2.24) is 0 Å². The van der Waals surface area contributed by atoms with Crippen LogP contribution in [0.5, 0.6) is 0 Å². The minimum atomic E-state index is -0.614. The van der Waals surface area contributed by atoms with Crippen LogP contribution in [-0.4, -0.2) is 18.7 Å². The van der Waals surface area contributed by atoms with Crippen molar-refractivity contribution in [2.45, 2.75) is 6.92 Å². The number of anilines is 1. The molecule has 0 saturated carbocycles. The van der Waals surface area contributed by atoms with E-state index in [0.29, 0.717) is 5.69 Å². The molecule has 1 amide bonds. The maximum atomic E-state index is 12.5. The van der Waals surface area contributed by atoms with Gasteiger partial charge in [0.25, 0.3) is 5.91 Å². The highest BCUT2D eigenvalue weighted by molar-refractivity contribution is 6.40. The number of carbonyl (C=O) groups excluding carboxylic acids is 2. The van der Waals surface area contributed by atoms with E-state index in [0.717, 1.165) is 0 Å². The summed E-state index contributed by atoms with van der Waals surface area (Å²) in [5.74, 6) is -1.54. The van der Waals surface area contributed by atoms with Crippen molar-refractivity contribution in [3.8, 4) is 0 Å². The molecule has 0 aliphatic rings. The fourth-order valence-corrected chi connectivity index (χ4v) is 1.02. The fourth-order valence-electron chi connectivity index (χ4n) is 1.02. The van der Waals surface area contributed by atoms with E-state index in [-0.39, 0.29) is 5.82 Å². The summed E-state index contributed by atoms with van der Waals surface area (Å²) in [6.45, 7) is 1.20. The number of ketones is 1. The van der Waals surface area contributed by atoms with Crippen LogP contribution in [-0.2, 0) is 9.59 Å². The molecule has 1 aromatic rings. The number of hydrogen-bond acceptors (Lipinski definition) is 2. The normalized spacial score (nSPS) is 9.64. The first-order valence-corrected chi connectivity index (χ1v) is 4.06. The molecule has 0 fully saturated rings. The number of nitrogens with zero attached hydrogens (tertiary/aromatic N) is 1. The van der Waals surface area contributed by atoms with E-state index in [9.17, 15) is 14.0 Å². The first-order valence-electron chi connectivity index (χ1n) is 4.06. The maximum absolute atomic E-state index is 12.5. The number of likely N-dealkylation sites (N-methyl/N-ethyl adjacent to an activating group) is 1. The van der Waals surface area contributed by atoms with Crippen LogP contribution in [0.25, 0.3) is 0 Å². The lowest BCUT2D eigenvalue weighted by Crippen LogP contribution is -2.31. The Hall–Kier alpha value is -1.71. The highest BCUT2D eigenvalue weighted by atomic mass is 19.1. The van der Waals surface area contributed by atoms with Gasteiger partial charge in [0.1, 0.15) is 5.82 Å². The van der Waals surface area contributed by atoms with Crippen molar-refractivity contribution in [3.05, 3.63) is 30.1 Å². The molecule has 0 bridgehead atoms. The molecule has 0 aliphatic carbocycles. The van der Waals surface area contributed by atoms with E-state index in [2.05, 4.69) is 0 Å². The molecule has 74 valence electrons. The molecule has 0 heterocycles. The topological polar surface area (TPSA) is 37.4 Å². The van der Waals surface area contributed by atoms with E-state index in [1.165, 1.54) is 43.1 Å². The Morgan fingerprint density at radius 2 is 1.71 bits per heavy atom. The van der Waals surface area contributed by atoms with E-state index in [4.69, 9.17) is 0 Å². The second-order valence-corrected chi connectivity index (χ2v) is 2.90. The molecule has 0 saturated heterocycles. The standard InChI is InChI=1S/C10H10FNO2/c1-7(13)10(14)12(2)9-5-3-8(11)4-6-9/h3-6H,1-2H3. The summed E-state index contributed by atoms with van der Waals surface area (Å²) >= 11 is 0. The molecule has 3 nitrogen and oxygen atoms in total. The molecule has 1 rings (SSSR count). The van der Waals surface area contributed by atoms with E-state index in [1.54, 1.807) is 0 Å². The minimum absolute atomic E-state index is 0.377. The van der Waals surface area contributed by atoms with Gasteiger partial charge in [-0.3, -0.25) is 9.59 Å². The van der Waals surface area contributed by atoms with Gasteiger partial charge in [0, 0.05) is 19.7 Å². The second kappa shape index (κ2) is 4.00. The van der Waals surface area contributed by atoms with Gasteiger partial charge in [-0.05, 0) is 24.3 Å². The van der Waals surface area contributed by atoms with Crippen molar-refractivity contribution >= 4 is 17.4 Å². The highest BCUT2D eigenvalue weighted by Crippen LogP contribution is 2.13. The third-order valence-corrected chi connectivity index (χ3v) is 1.82. The summed E-state index contributed by atoms with van der Waals surface area (Å²) in [6, 6.07) is 5.35. The lowest BCUT2D eigenvalue weighted by atomic mass is 10.2. The average molecular weight is 195 g/mol. The van der Waals surface area contributed by atoms with Gasteiger partial charge in [-0.25, -0.2) is 4.39 Å². The van der Waals surface area contributed by atoms with Gasteiger partial charge in [-0.1, -0.05) is 0 Å². The van der Waals surface area contributed by atoms with E-state index in [1.807, 2.05) is 0 Å². The third-order valence-electron chi connectivity index (χ3n) is 1.82. The Morgan fingerprint density at radius 1 is 1.21 bits per heavy atom. The van der Waals surface area contributed by atoms with E-state index < -0.39 is 11.7 Å². The van der Waals surface area contributed by atoms with Crippen LogP contribution >= 0.6 is 0 Å². The predicted octanol–water partition coefficient (Wildman–Crippen LogP) is 1.38. The van der Waals surface area contributed by atoms with Gasteiger partial charge in [0.2, 0.25) is 5.78 Å². The van der Waals surface area contributed by atoms with Gasteiger partial charge in [0.05, 0.1) is 0 Å². The van der Waals surface area contributed by atoms with Crippen molar-refractivity contribution in [3.63, 3.8) is 0 Å². The molecule has 0 N–H and O–H groups in total. The Bertz CT molecular complexity index is 359. The number of benzene rings is 1. The van der Waals surface area contributed by atoms with Crippen LogP contribution in [0.1, 0.15) is 6.92 Å². The Balaban J connectivity index is 2.89. The van der Waals surface area contributed by atoms with E-state index >= 15 is 0 Å². The molecular formula is C10H10FNO2. The molecule has 0 unspecified atom stereocenters. The summed E-state index contributed by atoms with van der Waals surface area (Å²) in [4.78, 5) is 23.2. The van der Waals surface area contributed by atoms with Crippen LogP contribution in [0, 0.1) is 5.82 Å². The number of amides is 1. The summed E-state index contributed by atoms with van der Waals surface area (Å²) in [5, 5.41) is 0. The molecule has 4 heteroatoms. The van der Waals surface area contributed by atoms with Gasteiger partial charge >= 0.3 is 0 Å². The number of hydrogen-bond donors (Lipinski definition) is 0. The molecule has 0 spiro atoms. The van der Waals surface area contributed by atoms with Gasteiger partial charge < -0.3 is 4.90 Å². The summed E-state index contributed by atoms with van der Waals surface area (Å²) in [5.41, 5.74) is 0.492. The van der Waals surface area contributed by atoms with Crippen LogP contribution in [0.15, 0.2) is 24.3 Å². The van der Waals surface area contributed by atoms with Crippen molar-refractivity contribution in [1.29, 1.82) is 0 Å². The molecule has 14 heavy (non-hydrogen) atoms. The zero-order chi connectivity index (χ0) is 10.7. The van der Waals surface area contributed by atoms with Crippen LogP contribution < -0.4 is 4.90 Å². The molecule has 0 atom stereocenters. The average Bonchev–Trinajstić information content (AvgIpc) is 2.16. The lowest BCUT2D eigenvalue weighted by Gasteiger charge is -2.14. The Labute approximate surface area is 81.1 Å². The highest BCUT2D eigenvalue weighted by Gasteiger charge is 2.14. The number of Topliss-reactive ketones (excluding diaryl/α,β-unsaturated/α-hetero) is 1. The Morgan fingerprint density at radius 3 is 2.14 bits per heavy atom. The van der Waals surface area contributed by atoms with Gasteiger partial charge in [-0.15, -0.1) is 0 Å². The maximum Gasteiger partial charge on any atom is 0.293 e. The third kappa shape index (κ3) is 2.16. The smallest absolute Gasteiger partial charge is 0.293 e. The fraction of sp³-hybridized carbons (Fsp3) is 0.200. The van der Waals surface area contributed by atoms with Crippen LogP contribution in [0.2, 0.25) is 0 Å². The van der Waals surface area contributed by atoms with Crippen molar-refractivity contribution in [2.24, 2.45) is 0 Å². The first-order chi connectivity index (χ1) is 6.52. The Kier molecular flexibility index (Phi) is 2.96. The molecule has 1 aromatic carbocycles. The van der Waals surface area contributed by atoms with Gasteiger partial charge in [0.15, 0.2) is 0 Å². The second-order valence-electron chi connectivity index (χ2n) is 2.90. The molecule has 0 aromatic heterocycles. The summed E-state index contributed by atoms with van der Waals surface area (Å²) < 4.78 is 12.5. The predicted molar refractivity (Wildman–Crippen MR) is 50.5 cm³/mol. The zero-order valence-corrected chi connectivity index (χ0v) is 7.95. The zero-order valence-electron chi connectivity index (χ0n) is 7.95. The molecule has 0 radical (unpaired) electrons. The molecule has 0 aliphatic heterocycles. The van der Waals surface area contributed by atoms with Crippen LogP contribution in [0.3, 0.4) is 0 Å². The van der Waals surface area contributed by atoms with Crippen molar-refractivity contribution in [2.75, 3.05) is 11.9 Å². The van der Waals surface area contributed by atoms with Gasteiger partial charge in [-0.2, -0.15) is 0 Å². The summed E-state index contributed by atoms with van der Waals surface area (Å²) in [7, 11) is 1.47. The first kappa shape index (κ1) is 10.4. The van der Waals surface area contributed by atoms with Crippen molar-refractivity contribution < 1.29 is 14.0 Å². The number of carbonyl (C=O) groups is 2. The quantitative estimate of drug-likeness (QED) is 0.668. The summed E-state index contributed by atoms with van der Waals surface area (Å²) in [6.07, 6.45) is 0. The number of halogens is 1. The lowest BCUT2D eigenvalue weighted by molar-refractivity contribution is -0.134. The number of rotatable bonds is 2. The largest absolute Gasteiger partial charge is 0.309 e. The SMILES string of the molecule is CC(=O)C(=O)N(C)c1ccc(F)cc1. The monoisotopic (exact) mass is 195 g/mol. The van der Waals surface area contributed by atoms with Crippen LogP contribution in [0.4, 0.5) is 10.1 Å². The minimum Gasteiger partial charge on any atom is -0.309 e. The molecular weight excluding hydrogens is 185 g/mol.